The van der Waals surface area contributed by atoms with Crippen molar-refractivity contribution in [2.45, 2.75) is 19.0 Å². The molecule has 0 aliphatic carbocycles. The molecule has 0 saturated carbocycles. The van der Waals surface area contributed by atoms with Crippen LogP contribution in [0.15, 0.2) is 12.3 Å². The molecule has 0 saturated heterocycles. The molecule has 1 aromatic rings. The zero-order chi connectivity index (χ0) is 10.6. The van der Waals surface area contributed by atoms with Gasteiger partial charge in [0.05, 0.1) is 31.0 Å². The third-order valence-electron chi connectivity index (χ3n) is 2.12. The molecule has 5 heteroatoms. The van der Waals surface area contributed by atoms with E-state index in [2.05, 4.69) is 5.10 Å². The summed E-state index contributed by atoms with van der Waals surface area (Å²) in [5.41, 5.74) is 6.74. The molecule has 0 amide bonds. The summed E-state index contributed by atoms with van der Waals surface area (Å²) >= 11 is 0. The minimum Gasteiger partial charge on any atom is -0.394 e. The van der Waals surface area contributed by atoms with Crippen molar-refractivity contribution in [3.63, 3.8) is 0 Å². The fourth-order valence-corrected chi connectivity index (χ4v) is 1.34. The van der Waals surface area contributed by atoms with E-state index in [4.69, 9.17) is 10.5 Å². The normalized spacial score (nSPS) is 15.4. The molecule has 0 bridgehead atoms. The van der Waals surface area contributed by atoms with Crippen LogP contribution < -0.4 is 5.73 Å². The standard InChI is InChI=1S/C9H17N3O2/c1-7-3-4-12(11-7)9(5-13)8(10)6-14-2/h3-4,8-9,13H,5-6,10H2,1-2H3. The first-order chi connectivity index (χ1) is 6.69. The molecule has 0 spiro atoms. The average molecular weight is 199 g/mol. The van der Waals surface area contributed by atoms with Gasteiger partial charge in [-0.05, 0) is 13.0 Å². The first-order valence-corrected chi connectivity index (χ1v) is 4.56. The van der Waals surface area contributed by atoms with Crippen molar-refractivity contribution in [3.05, 3.63) is 18.0 Å². The lowest BCUT2D eigenvalue weighted by Crippen LogP contribution is -2.38. The van der Waals surface area contributed by atoms with Crippen molar-refractivity contribution >= 4 is 0 Å². The molecule has 2 atom stereocenters. The number of aryl methyl sites for hydroxylation is 1. The van der Waals surface area contributed by atoms with Gasteiger partial charge in [0.2, 0.25) is 0 Å². The number of aromatic nitrogens is 2. The van der Waals surface area contributed by atoms with Crippen LogP contribution in [0, 0.1) is 6.92 Å². The third-order valence-corrected chi connectivity index (χ3v) is 2.12. The van der Waals surface area contributed by atoms with E-state index in [-0.39, 0.29) is 18.7 Å². The molecule has 5 nitrogen and oxygen atoms in total. The van der Waals surface area contributed by atoms with Crippen LogP contribution in [0.3, 0.4) is 0 Å². The van der Waals surface area contributed by atoms with E-state index in [1.165, 1.54) is 0 Å². The summed E-state index contributed by atoms with van der Waals surface area (Å²) in [6.45, 7) is 2.27. The van der Waals surface area contributed by atoms with Gasteiger partial charge >= 0.3 is 0 Å². The highest BCUT2D eigenvalue weighted by Gasteiger charge is 2.19. The molecule has 2 unspecified atom stereocenters. The minimum absolute atomic E-state index is 0.0361. The zero-order valence-corrected chi connectivity index (χ0v) is 8.55. The van der Waals surface area contributed by atoms with Gasteiger partial charge in [0.1, 0.15) is 0 Å². The molecule has 14 heavy (non-hydrogen) atoms. The van der Waals surface area contributed by atoms with Gasteiger partial charge in [-0.3, -0.25) is 4.68 Å². The number of hydrogen-bond acceptors (Lipinski definition) is 4. The number of ether oxygens (including phenoxy) is 1. The number of nitrogens with zero attached hydrogens (tertiary/aromatic N) is 2. The topological polar surface area (TPSA) is 73.3 Å². The maximum atomic E-state index is 9.19. The van der Waals surface area contributed by atoms with Crippen molar-refractivity contribution in [1.82, 2.24) is 9.78 Å². The van der Waals surface area contributed by atoms with Gasteiger partial charge in [0.25, 0.3) is 0 Å². The average Bonchev–Trinajstić information content (AvgIpc) is 2.54. The van der Waals surface area contributed by atoms with Crippen LogP contribution in [0.5, 0.6) is 0 Å². The van der Waals surface area contributed by atoms with Gasteiger partial charge in [0.15, 0.2) is 0 Å². The fraction of sp³-hybridized carbons (Fsp3) is 0.667. The summed E-state index contributed by atoms with van der Waals surface area (Å²) in [6, 6.07) is 1.41. The van der Waals surface area contributed by atoms with Crippen LogP contribution in [0.1, 0.15) is 11.7 Å². The lowest BCUT2D eigenvalue weighted by atomic mass is 10.1. The Morgan fingerprint density at radius 2 is 2.43 bits per heavy atom. The minimum atomic E-state index is -0.246. The third kappa shape index (κ3) is 2.54. The molecular weight excluding hydrogens is 182 g/mol. The summed E-state index contributed by atoms with van der Waals surface area (Å²) in [7, 11) is 1.59. The van der Waals surface area contributed by atoms with E-state index in [9.17, 15) is 5.11 Å². The van der Waals surface area contributed by atoms with Crippen LogP contribution >= 0.6 is 0 Å². The van der Waals surface area contributed by atoms with Crippen molar-refractivity contribution < 1.29 is 9.84 Å². The molecule has 80 valence electrons. The summed E-state index contributed by atoms with van der Waals surface area (Å²) in [6.07, 6.45) is 1.81. The van der Waals surface area contributed by atoms with Gasteiger partial charge in [0, 0.05) is 13.3 Å². The number of aliphatic hydroxyl groups excluding tert-OH is 1. The van der Waals surface area contributed by atoms with Crippen molar-refractivity contribution in [2.75, 3.05) is 20.3 Å². The molecule has 0 aliphatic heterocycles. The molecule has 0 aliphatic rings. The maximum Gasteiger partial charge on any atom is 0.0922 e. The van der Waals surface area contributed by atoms with Crippen LogP contribution in [-0.2, 0) is 4.74 Å². The smallest absolute Gasteiger partial charge is 0.0922 e. The molecule has 0 radical (unpaired) electrons. The molecule has 1 heterocycles. The summed E-state index contributed by atoms with van der Waals surface area (Å²) in [4.78, 5) is 0. The molecule has 1 aromatic heterocycles. The number of hydrogen-bond donors (Lipinski definition) is 2. The summed E-state index contributed by atoms with van der Waals surface area (Å²) in [5.74, 6) is 0. The highest BCUT2D eigenvalue weighted by molar-refractivity contribution is 4.97. The number of rotatable bonds is 5. The summed E-state index contributed by atoms with van der Waals surface area (Å²) in [5, 5.41) is 13.4. The molecule has 3 N–H and O–H groups in total. The highest BCUT2D eigenvalue weighted by Crippen LogP contribution is 2.09. The van der Waals surface area contributed by atoms with Crippen molar-refractivity contribution in [2.24, 2.45) is 5.73 Å². The predicted molar refractivity (Wildman–Crippen MR) is 52.9 cm³/mol. The second kappa shape index (κ2) is 5.09. The second-order valence-electron chi connectivity index (χ2n) is 3.31. The SMILES string of the molecule is COCC(N)C(CO)n1ccc(C)n1. The van der Waals surface area contributed by atoms with Crippen LogP contribution in [0.25, 0.3) is 0 Å². The Labute approximate surface area is 83.5 Å². The first-order valence-electron chi connectivity index (χ1n) is 4.56. The fourth-order valence-electron chi connectivity index (χ4n) is 1.34. The van der Waals surface area contributed by atoms with E-state index < -0.39 is 0 Å². The molecular formula is C9H17N3O2. The highest BCUT2D eigenvalue weighted by atomic mass is 16.5. The van der Waals surface area contributed by atoms with Gasteiger partial charge in [-0.25, -0.2) is 0 Å². The van der Waals surface area contributed by atoms with Crippen LogP contribution in [-0.4, -0.2) is 41.3 Å². The lowest BCUT2D eigenvalue weighted by Gasteiger charge is -2.21. The Hall–Kier alpha value is -0.910. The monoisotopic (exact) mass is 199 g/mol. The number of nitrogens with two attached hydrogens (primary N) is 1. The van der Waals surface area contributed by atoms with Crippen molar-refractivity contribution in [1.29, 1.82) is 0 Å². The second-order valence-corrected chi connectivity index (χ2v) is 3.31. The van der Waals surface area contributed by atoms with Gasteiger partial charge in [-0.15, -0.1) is 0 Å². The van der Waals surface area contributed by atoms with Crippen LogP contribution in [0.4, 0.5) is 0 Å². The van der Waals surface area contributed by atoms with E-state index in [0.29, 0.717) is 6.61 Å². The Bertz CT molecular complexity index is 275. The molecule has 0 aromatic carbocycles. The van der Waals surface area contributed by atoms with Crippen molar-refractivity contribution in [3.8, 4) is 0 Å². The number of methoxy groups -OCH3 is 1. The number of aliphatic hydroxyl groups is 1. The molecule has 0 fully saturated rings. The van der Waals surface area contributed by atoms with Gasteiger partial charge < -0.3 is 15.6 Å². The van der Waals surface area contributed by atoms with Gasteiger partial charge in [-0.1, -0.05) is 0 Å². The van der Waals surface area contributed by atoms with E-state index in [1.807, 2.05) is 19.2 Å². The van der Waals surface area contributed by atoms with E-state index in [1.54, 1.807) is 11.8 Å². The molecule has 1 rings (SSSR count). The Morgan fingerprint density at radius 3 is 2.86 bits per heavy atom. The first kappa shape index (κ1) is 11.2. The van der Waals surface area contributed by atoms with Gasteiger partial charge in [-0.2, -0.15) is 5.10 Å². The van der Waals surface area contributed by atoms with Crippen LogP contribution in [0.2, 0.25) is 0 Å². The zero-order valence-electron chi connectivity index (χ0n) is 8.55. The lowest BCUT2D eigenvalue weighted by molar-refractivity contribution is 0.124. The van der Waals surface area contributed by atoms with E-state index in [0.717, 1.165) is 5.69 Å². The summed E-state index contributed by atoms with van der Waals surface area (Å²) < 4.78 is 6.62. The predicted octanol–water partition coefficient (Wildman–Crippen LogP) is -0.301. The largest absolute Gasteiger partial charge is 0.394 e. The van der Waals surface area contributed by atoms with E-state index >= 15 is 0 Å². The quantitative estimate of drug-likeness (QED) is 0.682. The Morgan fingerprint density at radius 1 is 1.71 bits per heavy atom. The Balaban J connectivity index is 2.71. The maximum absolute atomic E-state index is 9.19. The Kier molecular flexibility index (Phi) is 4.06.